The molecule has 1 nitrogen and oxygen atoms in total. The van der Waals surface area contributed by atoms with E-state index < -0.39 is 0 Å². The third kappa shape index (κ3) is 7.64. The van der Waals surface area contributed by atoms with Crippen LogP contribution in [0.3, 0.4) is 0 Å². The summed E-state index contributed by atoms with van der Waals surface area (Å²) in [5.74, 6) is 1.84. The lowest BCUT2D eigenvalue weighted by Gasteiger charge is -2.24. The van der Waals surface area contributed by atoms with Gasteiger partial charge in [-0.05, 0) is 67.4 Å². The van der Waals surface area contributed by atoms with Crippen LogP contribution in [-0.4, -0.2) is 12.7 Å². The number of thiophene rings is 1. The van der Waals surface area contributed by atoms with E-state index in [2.05, 4.69) is 53.7 Å². The van der Waals surface area contributed by atoms with E-state index in [0.717, 1.165) is 53.9 Å². The summed E-state index contributed by atoms with van der Waals surface area (Å²) in [6, 6.07) is 6.22. The fourth-order valence-corrected chi connectivity index (χ4v) is 5.33. The van der Waals surface area contributed by atoms with Gasteiger partial charge in [-0.3, -0.25) is 0 Å². The molecule has 0 aliphatic heterocycles. The highest BCUT2D eigenvalue weighted by atomic mass is 32.1. The lowest BCUT2D eigenvalue weighted by atomic mass is 9.92. The van der Waals surface area contributed by atoms with Crippen LogP contribution in [0.4, 0.5) is 4.39 Å². The highest BCUT2D eigenvalue weighted by Gasteiger charge is 2.16. The molecule has 2 rings (SSSR count). The second-order valence-corrected chi connectivity index (χ2v) is 10.7. The van der Waals surface area contributed by atoms with Crippen molar-refractivity contribution in [3.05, 3.63) is 34.5 Å². The molecule has 0 aliphatic rings. The Morgan fingerprint density at radius 1 is 0.900 bits per heavy atom. The summed E-state index contributed by atoms with van der Waals surface area (Å²) in [5, 5.41) is 1.05. The van der Waals surface area contributed by atoms with Crippen LogP contribution < -0.4 is 0 Å². The Balaban J connectivity index is 1.78. The standard InChI is InChI=1S/C27H43FOS/c1-7-9-19(3)11-13-21(5)22(6)29-18-20(4)12-14-23-15-16-24-17-25(10-8-2)30-27(24)26(23)28/h15-17,19-22H,7-14,18H2,1-6H3. The summed E-state index contributed by atoms with van der Waals surface area (Å²) >= 11 is 1.62. The summed E-state index contributed by atoms with van der Waals surface area (Å²) < 4.78 is 22.0. The zero-order valence-corrected chi connectivity index (χ0v) is 20.9. The molecule has 0 N–H and O–H groups in total. The van der Waals surface area contributed by atoms with E-state index in [4.69, 9.17) is 4.74 Å². The fraction of sp³-hybridized carbons (Fsp3) is 0.704. The molecule has 1 aromatic carbocycles. The Hall–Kier alpha value is -0.930. The molecule has 0 aliphatic carbocycles. The maximum absolute atomic E-state index is 15.0. The van der Waals surface area contributed by atoms with E-state index in [1.807, 2.05) is 6.07 Å². The third-order valence-electron chi connectivity index (χ3n) is 6.50. The first kappa shape index (κ1) is 25.3. The van der Waals surface area contributed by atoms with Gasteiger partial charge >= 0.3 is 0 Å². The first-order valence-corrected chi connectivity index (χ1v) is 13.0. The number of hydrogen-bond donors (Lipinski definition) is 0. The summed E-state index contributed by atoms with van der Waals surface area (Å²) in [6.45, 7) is 14.3. The monoisotopic (exact) mass is 434 g/mol. The predicted molar refractivity (Wildman–Crippen MR) is 131 cm³/mol. The Morgan fingerprint density at radius 2 is 1.67 bits per heavy atom. The minimum atomic E-state index is -0.00355. The van der Waals surface area contributed by atoms with Crippen molar-refractivity contribution >= 4 is 21.4 Å². The van der Waals surface area contributed by atoms with Crippen LogP contribution in [0.2, 0.25) is 0 Å². The first-order valence-electron chi connectivity index (χ1n) is 12.2. The van der Waals surface area contributed by atoms with E-state index in [1.165, 1.54) is 30.6 Å². The number of benzene rings is 1. The van der Waals surface area contributed by atoms with Gasteiger partial charge in [0.2, 0.25) is 0 Å². The summed E-state index contributed by atoms with van der Waals surface area (Å²) in [6.07, 6.45) is 9.31. The Bertz CT molecular complexity index is 753. The molecular weight excluding hydrogens is 391 g/mol. The molecule has 4 atom stereocenters. The highest BCUT2D eigenvalue weighted by molar-refractivity contribution is 7.19. The average Bonchev–Trinajstić information content (AvgIpc) is 3.13. The van der Waals surface area contributed by atoms with Crippen molar-refractivity contribution in [3.63, 3.8) is 0 Å². The van der Waals surface area contributed by atoms with E-state index in [9.17, 15) is 4.39 Å². The summed E-state index contributed by atoms with van der Waals surface area (Å²) in [4.78, 5) is 1.29. The molecule has 1 heterocycles. The second kappa shape index (κ2) is 12.8. The van der Waals surface area contributed by atoms with E-state index in [0.29, 0.717) is 11.8 Å². The van der Waals surface area contributed by atoms with Crippen molar-refractivity contribution in [1.82, 2.24) is 0 Å². The molecular formula is C27H43FOS. The van der Waals surface area contributed by atoms with Crippen LogP contribution in [0.15, 0.2) is 18.2 Å². The molecule has 0 saturated heterocycles. The molecule has 30 heavy (non-hydrogen) atoms. The third-order valence-corrected chi connectivity index (χ3v) is 7.70. The van der Waals surface area contributed by atoms with Crippen LogP contribution in [-0.2, 0) is 17.6 Å². The Morgan fingerprint density at radius 3 is 2.37 bits per heavy atom. The highest BCUT2D eigenvalue weighted by Crippen LogP contribution is 2.31. The van der Waals surface area contributed by atoms with E-state index in [-0.39, 0.29) is 11.9 Å². The average molecular weight is 435 g/mol. The zero-order valence-electron chi connectivity index (χ0n) is 20.1. The first-order chi connectivity index (χ1) is 14.3. The zero-order chi connectivity index (χ0) is 22.1. The van der Waals surface area contributed by atoms with Crippen molar-refractivity contribution < 1.29 is 9.13 Å². The molecule has 1 aromatic heterocycles. The van der Waals surface area contributed by atoms with Gasteiger partial charge in [-0.15, -0.1) is 11.3 Å². The van der Waals surface area contributed by atoms with Crippen molar-refractivity contribution in [1.29, 1.82) is 0 Å². The molecule has 3 heteroatoms. The smallest absolute Gasteiger partial charge is 0.144 e. The summed E-state index contributed by atoms with van der Waals surface area (Å²) in [7, 11) is 0. The Labute approximate surface area is 188 Å². The molecule has 170 valence electrons. The maximum atomic E-state index is 15.0. The largest absolute Gasteiger partial charge is 0.378 e. The van der Waals surface area contributed by atoms with Gasteiger partial charge in [0.1, 0.15) is 5.82 Å². The fourth-order valence-electron chi connectivity index (χ4n) is 4.11. The molecule has 4 unspecified atom stereocenters. The predicted octanol–water partition coefficient (Wildman–Crippen LogP) is 8.82. The minimum Gasteiger partial charge on any atom is -0.378 e. The summed E-state index contributed by atoms with van der Waals surface area (Å²) in [5.41, 5.74) is 0.852. The van der Waals surface area contributed by atoms with Crippen LogP contribution in [0.25, 0.3) is 10.1 Å². The SMILES string of the molecule is CCCc1cc2ccc(CCC(C)COC(C)C(C)CCC(C)CCC)c(F)c2s1. The number of rotatable bonds is 14. The van der Waals surface area contributed by atoms with Crippen molar-refractivity contribution in [2.75, 3.05) is 6.61 Å². The molecule has 2 aromatic rings. The molecule has 0 radical (unpaired) electrons. The molecule has 0 fully saturated rings. The minimum absolute atomic E-state index is 0.00355. The van der Waals surface area contributed by atoms with Gasteiger partial charge in [0.05, 0.1) is 10.8 Å². The van der Waals surface area contributed by atoms with Crippen LogP contribution in [0, 0.1) is 23.6 Å². The Kier molecular flexibility index (Phi) is 10.8. The lowest BCUT2D eigenvalue weighted by Crippen LogP contribution is -2.22. The number of fused-ring (bicyclic) bond motifs is 1. The van der Waals surface area contributed by atoms with E-state index >= 15 is 0 Å². The lowest BCUT2D eigenvalue weighted by molar-refractivity contribution is 0.00737. The molecule has 0 spiro atoms. The van der Waals surface area contributed by atoms with Gasteiger partial charge in [0, 0.05) is 11.5 Å². The second-order valence-electron chi connectivity index (χ2n) is 9.55. The van der Waals surface area contributed by atoms with Crippen LogP contribution in [0.5, 0.6) is 0 Å². The van der Waals surface area contributed by atoms with Gasteiger partial charge in [0.15, 0.2) is 0 Å². The number of halogens is 1. The van der Waals surface area contributed by atoms with Crippen LogP contribution in [0.1, 0.15) is 90.5 Å². The van der Waals surface area contributed by atoms with Crippen molar-refractivity contribution in [2.24, 2.45) is 17.8 Å². The molecule has 0 amide bonds. The quantitative estimate of drug-likeness (QED) is 0.288. The van der Waals surface area contributed by atoms with Gasteiger partial charge in [-0.1, -0.05) is 72.4 Å². The maximum Gasteiger partial charge on any atom is 0.144 e. The van der Waals surface area contributed by atoms with Crippen molar-refractivity contribution in [2.45, 2.75) is 99.0 Å². The van der Waals surface area contributed by atoms with Crippen LogP contribution >= 0.6 is 11.3 Å². The number of hydrogen-bond acceptors (Lipinski definition) is 2. The number of ether oxygens (including phenoxy) is 1. The number of aryl methyl sites for hydroxylation is 2. The van der Waals surface area contributed by atoms with Crippen molar-refractivity contribution in [3.8, 4) is 0 Å². The van der Waals surface area contributed by atoms with Gasteiger partial charge < -0.3 is 4.74 Å². The van der Waals surface area contributed by atoms with Gasteiger partial charge in [-0.2, -0.15) is 0 Å². The molecule has 0 saturated carbocycles. The topological polar surface area (TPSA) is 9.23 Å². The normalized spacial score (nSPS) is 16.0. The molecule has 0 bridgehead atoms. The van der Waals surface area contributed by atoms with Gasteiger partial charge in [-0.25, -0.2) is 4.39 Å². The van der Waals surface area contributed by atoms with E-state index in [1.54, 1.807) is 11.3 Å². The van der Waals surface area contributed by atoms with Gasteiger partial charge in [0.25, 0.3) is 0 Å².